The van der Waals surface area contributed by atoms with Crippen LogP contribution < -0.4 is 5.32 Å². The predicted octanol–water partition coefficient (Wildman–Crippen LogP) is 3.91. The van der Waals surface area contributed by atoms with Gasteiger partial charge in [0.2, 0.25) is 0 Å². The van der Waals surface area contributed by atoms with Crippen LogP contribution in [0.25, 0.3) is 0 Å². The van der Waals surface area contributed by atoms with Crippen LogP contribution in [0.5, 0.6) is 0 Å². The van der Waals surface area contributed by atoms with Crippen LogP contribution in [0.4, 0.5) is 0 Å². The first-order valence-electron chi connectivity index (χ1n) is 9.04. The van der Waals surface area contributed by atoms with E-state index in [1.54, 1.807) is 0 Å². The van der Waals surface area contributed by atoms with Crippen molar-refractivity contribution in [2.24, 2.45) is 17.8 Å². The van der Waals surface area contributed by atoms with Crippen molar-refractivity contribution in [3.8, 4) is 0 Å². The largest absolute Gasteiger partial charge is 0.316 e. The highest BCUT2D eigenvalue weighted by Gasteiger charge is 2.30. The van der Waals surface area contributed by atoms with Crippen LogP contribution >= 0.6 is 0 Å². The van der Waals surface area contributed by atoms with Crippen molar-refractivity contribution >= 4 is 0 Å². The zero-order chi connectivity index (χ0) is 14.5. The van der Waals surface area contributed by atoms with Gasteiger partial charge in [-0.05, 0) is 83.2 Å². The number of nitrogens with one attached hydrogen (secondary N) is 1. The molecule has 0 bridgehead atoms. The second-order valence-electron chi connectivity index (χ2n) is 7.82. The van der Waals surface area contributed by atoms with Gasteiger partial charge in [-0.3, -0.25) is 4.90 Å². The highest BCUT2D eigenvalue weighted by molar-refractivity contribution is 4.84. The molecule has 0 radical (unpaired) electrons. The molecule has 1 N–H and O–H groups in total. The molecule has 2 heteroatoms. The third-order valence-electron chi connectivity index (χ3n) is 5.68. The zero-order valence-corrected chi connectivity index (χ0v) is 14.2. The van der Waals surface area contributed by atoms with Gasteiger partial charge in [0.1, 0.15) is 0 Å². The average molecular weight is 281 g/mol. The maximum atomic E-state index is 3.58. The number of hydrogen-bond donors (Lipinski definition) is 1. The summed E-state index contributed by atoms with van der Waals surface area (Å²) in [6, 6.07) is 1.56. The minimum atomic E-state index is 0.706. The van der Waals surface area contributed by atoms with E-state index in [0.717, 1.165) is 23.8 Å². The van der Waals surface area contributed by atoms with Crippen molar-refractivity contribution in [2.45, 2.75) is 78.3 Å². The molecule has 2 rings (SSSR count). The number of nitrogens with zero attached hydrogens (tertiary/aromatic N) is 1. The Bertz CT molecular complexity index is 261. The van der Waals surface area contributed by atoms with Crippen LogP contribution in [-0.2, 0) is 0 Å². The Morgan fingerprint density at radius 1 is 1.00 bits per heavy atom. The molecular formula is C18H36N2. The number of hydrogen-bond acceptors (Lipinski definition) is 2. The molecule has 2 nitrogen and oxygen atoms in total. The van der Waals surface area contributed by atoms with Gasteiger partial charge in [-0.2, -0.15) is 0 Å². The Labute approximate surface area is 126 Å². The van der Waals surface area contributed by atoms with E-state index >= 15 is 0 Å². The summed E-state index contributed by atoms with van der Waals surface area (Å²) >= 11 is 0. The first-order chi connectivity index (χ1) is 9.58. The van der Waals surface area contributed by atoms with Gasteiger partial charge in [0.05, 0.1) is 0 Å². The molecule has 0 aromatic rings. The Balaban J connectivity index is 1.85. The summed E-state index contributed by atoms with van der Waals surface area (Å²) < 4.78 is 0. The van der Waals surface area contributed by atoms with E-state index in [0.29, 0.717) is 6.04 Å². The first kappa shape index (κ1) is 16.3. The lowest BCUT2D eigenvalue weighted by Gasteiger charge is -2.42. The molecule has 1 saturated carbocycles. The van der Waals surface area contributed by atoms with Crippen LogP contribution in [-0.4, -0.2) is 36.6 Å². The lowest BCUT2D eigenvalue weighted by atomic mass is 9.79. The van der Waals surface area contributed by atoms with Gasteiger partial charge in [-0.25, -0.2) is 0 Å². The summed E-state index contributed by atoms with van der Waals surface area (Å²) in [6.45, 7) is 13.4. The summed E-state index contributed by atoms with van der Waals surface area (Å²) in [5, 5.41) is 3.58. The van der Waals surface area contributed by atoms with Crippen molar-refractivity contribution in [1.82, 2.24) is 10.2 Å². The Hall–Kier alpha value is -0.0800. The SMILES string of the molecule is CC(C)C1CCC(N(CC2CCCNC2)C(C)C)CC1. The zero-order valence-electron chi connectivity index (χ0n) is 14.2. The van der Waals surface area contributed by atoms with Gasteiger partial charge < -0.3 is 5.32 Å². The minimum Gasteiger partial charge on any atom is -0.316 e. The van der Waals surface area contributed by atoms with Crippen molar-refractivity contribution < 1.29 is 0 Å². The molecule has 1 aliphatic carbocycles. The first-order valence-corrected chi connectivity index (χ1v) is 9.04. The molecule has 1 unspecified atom stereocenters. The average Bonchev–Trinajstić information content (AvgIpc) is 2.45. The van der Waals surface area contributed by atoms with Gasteiger partial charge in [0.15, 0.2) is 0 Å². The molecule has 118 valence electrons. The molecule has 2 aliphatic rings. The lowest BCUT2D eigenvalue weighted by molar-refractivity contribution is 0.0747. The summed E-state index contributed by atoms with van der Waals surface area (Å²) in [4.78, 5) is 2.83. The fourth-order valence-corrected chi connectivity index (χ4v) is 4.26. The third kappa shape index (κ3) is 4.46. The van der Waals surface area contributed by atoms with E-state index in [9.17, 15) is 0 Å². The van der Waals surface area contributed by atoms with E-state index in [2.05, 4.69) is 37.9 Å². The van der Waals surface area contributed by atoms with Gasteiger partial charge in [-0.1, -0.05) is 13.8 Å². The summed E-state index contributed by atoms with van der Waals surface area (Å²) in [6.07, 6.45) is 8.57. The van der Waals surface area contributed by atoms with E-state index in [4.69, 9.17) is 0 Å². The second kappa shape index (κ2) is 7.79. The van der Waals surface area contributed by atoms with E-state index in [1.165, 1.54) is 58.2 Å². The smallest absolute Gasteiger partial charge is 0.00982 e. The Morgan fingerprint density at radius 3 is 2.20 bits per heavy atom. The molecule has 0 amide bonds. The molecular weight excluding hydrogens is 244 g/mol. The quantitative estimate of drug-likeness (QED) is 0.821. The summed E-state index contributed by atoms with van der Waals surface area (Å²) in [7, 11) is 0. The highest BCUT2D eigenvalue weighted by atomic mass is 15.2. The molecule has 20 heavy (non-hydrogen) atoms. The maximum absolute atomic E-state index is 3.58. The lowest BCUT2D eigenvalue weighted by Crippen LogP contribution is -2.47. The van der Waals surface area contributed by atoms with Gasteiger partial charge in [0.25, 0.3) is 0 Å². The Kier molecular flexibility index (Phi) is 6.35. The second-order valence-corrected chi connectivity index (χ2v) is 7.82. The molecule has 2 fully saturated rings. The molecule has 1 saturated heterocycles. The minimum absolute atomic E-state index is 0.706. The maximum Gasteiger partial charge on any atom is 0.00982 e. The topological polar surface area (TPSA) is 15.3 Å². The van der Waals surface area contributed by atoms with Crippen LogP contribution in [0.2, 0.25) is 0 Å². The number of rotatable bonds is 5. The molecule has 1 aliphatic heterocycles. The van der Waals surface area contributed by atoms with E-state index < -0.39 is 0 Å². The Morgan fingerprint density at radius 2 is 1.70 bits per heavy atom. The number of piperidine rings is 1. The van der Waals surface area contributed by atoms with Gasteiger partial charge in [-0.15, -0.1) is 0 Å². The monoisotopic (exact) mass is 280 g/mol. The van der Waals surface area contributed by atoms with Crippen LogP contribution in [0.3, 0.4) is 0 Å². The fraction of sp³-hybridized carbons (Fsp3) is 1.00. The molecule has 0 spiro atoms. The molecule has 0 aromatic heterocycles. The van der Waals surface area contributed by atoms with Crippen LogP contribution in [0.15, 0.2) is 0 Å². The summed E-state index contributed by atoms with van der Waals surface area (Å²) in [5.41, 5.74) is 0. The highest BCUT2D eigenvalue weighted by Crippen LogP contribution is 2.33. The van der Waals surface area contributed by atoms with E-state index in [-0.39, 0.29) is 0 Å². The van der Waals surface area contributed by atoms with E-state index in [1.807, 2.05) is 0 Å². The molecule has 1 atom stereocenters. The normalized spacial score (nSPS) is 32.2. The summed E-state index contributed by atoms with van der Waals surface area (Å²) in [5.74, 6) is 2.75. The molecule has 0 aromatic carbocycles. The van der Waals surface area contributed by atoms with Crippen molar-refractivity contribution in [1.29, 1.82) is 0 Å². The van der Waals surface area contributed by atoms with Gasteiger partial charge >= 0.3 is 0 Å². The van der Waals surface area contributed by atoms with Crippen LogP contribution in [0, 0.1) is 17.8 Å². The van der Waals surface area contributed by atoms with Gasteiger partial charge in [0, 0.05) is 18.6 Å². The van der Waals surface area contributed by atoms with Crippen LogP contribution in [0.1, 0.15) is 66.2 Å². The fourth-order valence-electron chi connectivity index (χ4n) is 4.26. The molecule has 1 heterocycles. The van der Waals surface area contributed by atoms with Crippen molar-refractivity contribution in [3.05, 3.63) is 0 Å². The van der Waals surface area contributed by atoms with Crippen molar-refractivity contribution in [2.75, 3.05) is 19.6 Å². The predicted molar refractivity (Wildman–Crippen MR) is 88.0 cm³/mol. The standard InChI is InChI=1S/C18H36N2/c1-14(2)17-7-9-18(10-8-17)20(15(3)4)13-16-6-5-11-19-12-16/h14-19H,5-13H2,1-4H3. The van der Waals surface area contributed by atoms with Crippen molar-refractivity contribution in [3.63, 3.8) is 0 Å². The third-order valence-corrected chi connectivity index (χ3v) is 5.68.